The summed E-state index contributed by atoms with van der Waals surface area (Å²) in [6.45, 7) is 4.00. The van der Waals surface area contributed by atoms with Gasteiger partial charge < -0.3 is 19.8 Å². The molecule has 0 saturated heterocycles. The maximum atomic E-state index is 13.1. The third kappa shape index (κ3) is 3.84. The maximum Gasteiger partial charge on any atom is 0.267 e. The van der Waals surface area contributed by atoms with E-state index in [4.69, 9.17) is 9.47 Å². The van der Waals surface area contributed by atoms with E-state index >= 15 is 0 Å². The zero-order chi connectivity index (χ0) is 23.0. The number of fused-ring (bicyclic) bond motifs is 2. The van der Waals surface area contributed by atoms with Crippen LogP contribution < -0.4 is 20.3 Å². The molecule has 0 bridgehead atoms. The van der Waals surface area contributed by atoms with Crippen molar-refractivity contribution in [3.63, 3.8) is 0 Å². The average molecular weight is 444 g/mol. The summed E-state index contributed by atoms with van der Waals surface area (Å²) in [4.78, 5) is 28.9. The number of ether oxygens (including phenoxy) is 2. The van der Waals surface area contributed by atoms with Crippen molar-refractivity contribution in [1.82, 2.24) is 20.1 Å². The third-order valence-corrected chi connectivity index (χ3v) is 5.91. The first-order chi connectivity index (χ1) is 15.9. The lowest BCUT2D eigenvalue weighted by Crippen LogP contribution is -2.50. The molecule has 0 aliphatic carbocycles. The highest BCUT2D eigenvalue weighted by Gasteiger charge is 2.32. The van der Waals surface area contributed by atoms with Gasteiger partial charge in [-0.1, -0.05) is 18.2 Å². The second kappa shape index (κ2) is 8.12. The second-order valence-corrected chi connectivity index (χ2v) is 8.46. The zero-order valence-corrected chi connectivity index (χ0v) is 18.4. The first kappa shape index (κ1) is 20.8. The van der Waals surface area contributed by atoms with E-state index in [-0.39, 0.29) is 18.3 Å². The summed E-state index contributed by atoms with van der Waals surface area (Å²) in [6, 6.07) is 16.6. The minimum Gasteiger partial charge on any atom is -0.454 e. The van der Waals surface area contributed by atoms with E-state index in [1.165, 1.54) is 10.7 Å². The van der Waals surface area contributed by atoms with E-state index in [9.17, 15) is 9.59 Å². The van der Waals surface area contributed by atoms with Crippen molar-refractivity contribution in [2.24, 2.45) is 0 Å². The molecule has 0 unspecified atom stereocenters. The molecule has 1 amide bonds. The number of aromatic amines is 1. The number of nitrogens with zero attached hydrogens (tertiary/aromatic N) is 2. The Balaban J connectivity index is 1.33. The highest BCUT2D eigenvalue weighted by atomic mass is 16.7. The van der Waals surface area contributed by atoms with E-state index in [1.807, 2.05) is 36.5 Å². The topological polar surface area (TPSA) is 98.2 Å². The van der Waals surface area contributed by atoms with E-state index in [0.29, 0.717) is 30.2 Å². The average Bonchev–Trinajstić information content (AvgIpc) is 3.46. The van der Waals surface area contributed by atoms with Crippen molar-refractivity contribution in [2.75, 3.05) is 13.3 Å². The summed E-state index contributed by atoms with van der Waals surface area (Å²) in [5.74, 6) is 1.02. The van der Waals surface area contributed by atoms with Gasteiger partial charge in [-0.25, -0.2) is 4.68 Å². The molecular formula is C25H24N4O4. The van der Waals surface area contributed by atoms with E-state index in [2.05, 4.69) is 21.5 Å². The molecule has 2 aromatic carbocycles. The number of carbonyl (C=O) groups excluding carboxylic acids is 1. The predicted molar refractivity (Wildman–Crippen MR) is 124 cm³/mol. The fourth-order valence-electron chi connectivity index (χ4n) is 3.98. The van der Waals surface area contributed by atoms with Gasteiger partial charge in [-0.3, -0.25) is 9.59 Å². The fraction of sp³-hybridized carbons (Fsp3) is 0.240. The largest absolute Gasteiger partial charge is 0.454 e. The number of hydrogen-bond acceptors (Lipinski definition) is 5. The molecule has 8 nitrogen and oxygen atoms in total. The van der Waals surface area contributed by atoms with Gasteiger partial charge in [0.15, 0.2) is 11.5 Å². The van der Waals surface area contributed by atoms with Crippen LogP contribution in [0.2, 0.25) is 0 Å². The van der Waals surface area contributed by atoms with Gasteiger partial charge in [-0.15, -0.1) is 0 Å². The molecule has 5 rings (SSSR count). The Kier molecular flexibility index (Phi) is 5.12. The monoisotopic (exact) mass is 444 g/mol. The fourth-order valence-corrected chi connectivity index (χ4v) is 3.98. The lowest BCUT2D eigenvalue weighted by molar-refractivity contribution is -0.128. The van der Waals surface area contributed by atoms with E-state index < -0.39 is 5.54 Å². The van der Waals surface area contributed by atoms with Crippen molar-refractivity contribution >= 4 is 16.8 Å². The number of para-hydroxylation sites is 1. The van der Waals surface area contributed by atoms with E-state index in [1.54, 1.807) is 26.0 Å². The number of rotatable bonds is 6. The summed E-state index contributed by atoms with van der Waals surface area (Å²) >= 11 is 0. The summed E-state index contributed by atoms with van der Waals surface area (Å²) in [5.41, 5.74) is 2.00. The SMILES string of the molecule is CC(C)(C(=O)NCCc1c[nH]c2ccccc12)n1nc(-c2ccc3c(c2)OCO3)ccc1=O. The predicted octanol–water partition coefficient (Wildman–Crippen LogP) is 3.21. The molecule has 3 heterocycles. The first-order valence-corrected chi connectivity index (χ1v) is 10.8. The number of H-pyrrole nitrogens is 1. The van der Waals surface area contributed by atoms with Crippen LogP contribution in [0.1, 0.15) is 19.4 Å². The minimum absolute atomic E-state index is 0.178. The van der Waals surface area contributed by atoms with Crippen molar-refractivity contribution in [3.8, 4) is 22.8 Å². The molecule has 2 aromatic heterocycles. The van der Waals surface area contributed by atoms with E-state index in [0.717, 1.165) is 22.0 Å². The number of amides is 1. The quantitative estimate of drug-likeness (QED) is 0.476. The Morgan fingerprint density at radius 3 is 2.82 bits per heavy atom. The lowest BCUT2D eigenvalue weighted by atomic mass is 10.0. The number of hydrogen-bond donors (Lipinski definition) is 2. The van der Waals surface area contributed by atoms with Gasteiger partial charge in [0.2, 0.25) is 12.7 Å². The number of carbonyl (C=O) groups is 1. The molecule has 1 aliphatic heterocycles. The Labute approximate surface area is 190 Å². The van der Waals surface area contributed by atoms with Crippen LogP contribution in [0.25, 0.3) is 22.2 Å². The van der Waals surface area contributed by atoms with Gasteiger partial charge >= 0.3 is 0 Å². The van der Waals surface area contributed by atoms with Crippen LogP contribution in [0.5, 0.6) is 11.5 Å². The van der Waals surface area contributed by atoms with Crippen LogP contribution in [0, 0.1) is 0 Å². The van der Waals surface area contributed by atoms with Gasteiger partial charge in [0, 0.05) is 35.3 Å². The Morgan fingerprint density at radius 1 is 1.12 bits per heavy atom. The third-order valence-electron chi connectivity index (χ3n) is 5.91. The Bertz CT molecular complexity index is 1400. The van der Waals surface area contributed by atoms with Crippen molar-refractivity contribution in [2.45, 2.75) is 25.8 Å². The lowest BCUT2D eigenvalue weighted by Gasteiger charge is -2.25. The standard InChI is InChI=1S/C25H24N4O4/c1-25(2,24(31)26-12-11-17-14-27-20-6-4-3-5-18(17)20)29-23(30)10-8-19(28-29)16-7-9-21-22(13-16)33-15-32-21/h3-10,13-14,27H,11-12,15H2,1-2H3,(H,26,31). The van der Waals surface area contributed by atoms with Crippen LogP contribution in [-0.4, -0.2) is 34.0 Å². The zero-order valence-electron chi connectivity index (χ0n) is 18.4. The molecular weight excluding hydrogens is 420 g/mol. The molecule has 33 heavy (non-hydrogen) atoms. The van der Waals surface area contributed by atoms with Crippen LogP contribution in [0.4, 0.5) is 0 Å². The highest BCUT2D eigenvalue weighted by Crippen LogP contribution is 2.35. The second-order valence-electron chi connectivity index (χ2n) is 8.46. The van der Waals surface area contributed by atoms with Crippen LogP contribution in [0.15, 0.2) is 65.6 Å². The van der Waals surface area contributed by atoms with Gasteiger partial charge in [0.1, 0.15) is 5.54 Å². The minimum atomic E-state index is -1.18. The normalized spacial score (nSPS) is 12.8. The van der Waals surface area contributed by atoms with Crippen LogP contribution in [-0.2, 0) is 16.8 Å². The van der Waals surface area contributed by atoms with Gasteiger partial charge in [-0.2, -0.15) is 5.10 Å². The van der Waals surface area contributed by atoms with Crippen molar-refractivity contribution in [1.29, 1.82) is 0 Å². The molecule has 8 heteroatoms. The number of benzene rings is 2. The highest BCUT2D eigenvalue weighted by molar-refractivity contribution is 5.84. The Morgan fingerprint density at radius 2 is 1.94 bits per heavy atom. The molecule has 4 aromatic rings. The van der Waals surface area contributed by atoms with Crippen molar-refractivity contribution < 1.29 is 14.3 Å². The van der Waals surface area contributed by atoms with Crippen molar-refractivity contribution in [3.05, 3.63) is 76.7 Å². The van der Waals surface area contributed by atoms with Gasteiger partial charge in [-0.05, 0) is 56.2 Å². The summed E-state index contributed by atoms with van der Waals surface area (Å²) in [5, 5.41) is 8.60. The maximum absolute atomic E-state index is 13.1. The molecule has 0 spiro atoms. The molecule has 168 valence electrons. The molecule has 0 fully saturated rings. The first-order valence-electron chi connectivity index (χ1n) is 10.8. The molecule has 1 aliphatic rings. The summed E-state index contributed by atoms with van der Waals surface area (Å²) < 4.78 is 12.0. The van der Waals surface area contributed by atoms with Crippen LogP contribution >= 0.6 is 0 Å². The number of aromatic nitrogens is 3. The van der Waals surface area contributed by atoms with Crippen LogP contribution in [0.3, 0.4) is 0 Å². The van der Waals surface area contributed by atoms with Gasteiger partial charge in [0.25, 0.3) is 5.56 Å². The summed E-state index contributed by atoms with van der Waals surface area (Å²) in [6.07, 6.45) is 2.63. The molecule has 0 radical (unpaired) electrons. The molecule has 0 saturated carbocycles. The molecule has 2 N–H and O–H groups in total. The summed E-state index contributed by atoms with van der Waals surface area (Å²) in [7, 11) is 0. The smallest absolute Gasteiger partial charge is 0.267 e. The van der Waals surface area contributed by atoms with Gasteiger partial charge in [0.05, 0.1) is 5.69 Å². The molecule has 0 atom stereocenters. The number of nitrogens with one attached hydrogen (secondary N) is 2. The Hall–Kier alpha value is -4.07.